The van der Waals surface area contributed by atoms with E-state index < -0.39 is 0 Å². The van der Waals surface area contributed by atoms with Gasteiger partial charge in [-0.05, 0) is 50.1 Å². The van der Waals surface area contributed by atoms with Crippen molar-refractivity contribution >= 4 is 11.8 Å². The van der Waals surface area contributed by atoms with E-state index in [0.717, 1.165) is 18.7 Å². The molecule has 2 nitrogen and oxygen atoms in total. The van der Waals surface area contributed by atoms with Gasteiger partial charge in [-0.15, -0.1) is 0 Å². The maximum absolute atomic E-state index is 5.50. The van der Waals surface area contributed by atoms with Crippen LogP contribution in [-0.2, 0) is 6.42 Å². The molecule has 0 aliphatic heterocycles. The molecule has 1 aromatic carbocycles. The van der Waals surface area contributed by atoms with Gasteiger partial charge in [-0.2, -0.15) is 11.8 Å². The fraction of sp³-hybridized carbons (Fsp3) is 0.647. The zero-order valence-electron chi connectivity index (χ0n) is 13.4. The third-order valence-corrected chi connectivity index (χ3v) is 4.59. The van der Waals surface area contributed by atoms with Gasteiger partial charge in [0, 0.05) is 11.8 Å². The van der Waals surface area contributed by atoms with Gasteiger partial charge < -0.3 is 10.1 Å². The highest BCUT2D eigenvalue weighted by molar-refractivity contribution is 7.99. The Morgan fingerprint density at radius 3 is 2.70 bits per heavy atom. The predicted octanol–water partition coefficient (Wildman–Crippen LogP) is 4.06. The number of aryl methyl sites for hydroxylation is 1. The highest BCUT2D eigenvalue weighted by Crippen LogP contribution is 2.22. The van der Waals surface area contributed by atoms with Gasteiger partial charge in [-0.25, -0.2) is 0 Å². The molecule has 0 radical (unpaired) electrons. The summed E-state index contributed by atoms with van der Waals surface area (Å²) in [6.07, 6.45) is 3.47. The van der Waals surface area contributed by atoms with E-state index in [1.807, 2.05) is 11.8 Å². The molecule has 0 fully saturated rings. The smallest absolute Gasteiger partial charge is 0.122 e. The maximum Gasteiger partial charge on any atom is 0.122 e. The number of thioether (sulfide) groups is 1. The van der Waals surface area contributed by atoms with Crippen LogP contribution < -0.4 is 10.1 Å². The molecule has 1 unspecified atom stereocenters. The van der Waals surface area contributed by atoms with E-state index in [-0.39, 0.29) is 0 Å². The van der Waals surface area contributed by atoms with Crippen molar-refractivity contribution in [3.63, 3.8) is 0 Å². The van der Waals surface area contributed by atoms with Crippen molar-refractivity contribution in [1.29, 1.82) is 0 Å². The first-order valence-electron chi connectivity index (χ1n) is 7.65. The number of benzene rings is 1. The van der Waals surface area contributed by atoms with Crippen molar-refractivity contribution in [2.45, 2.75) is 46.1 Å². The molecule has 0 saturated carbocycles. The van der Waals surface area contributed by atoms with Crippen LogP contribution in [0.25, 0.3) is 0 Å². The minimum Gasteiger partial charge on any atom is -0.496 e. The Morgan fingerprint density at radius 1 is 1.25 bits per heavy atom. The molecule has 1 atom stereocenters. The molecule has 0 amide bonds. The van der Waals surface area contributed by atoms with Crippen LogP contribution >= 0.6 is 11.8 Å². The van der Waals surface area contributed by atoms with Gasteiger partial charge in [0.15, 0.2) is 0 Å². The van der Waals surface area contributed by atoms with Crippen molar-refractivity contribution < 1.29 is 4.74 Å². The second-order valence-corrected chi connectivity index (χ2v) is 6.40. The van der Waals surface area contributed by atoms with Crippen LogP contribution in [0, 0.1) is 6.92 Å². The molecule has 0 aliphatic carbocycles. The van der Waals surface area contributed by atoms with Crippen molar-refractivity contribution in [2.75, 3.05) is 25.2 Å². The van der Waals surface area contributed by atoms with E-state index in [9.17, 15) is 0 Å². The van der Waals surface area contributed by atoms with Crippen LogP contribution in [0.5, 0.6) is 5.75 Å². The van der Waals surface area contributed by atoms with E-state index in [2.05, 4.69) is 44.3 Å². The second-order valence-electron chi connectivity index (χ2n) is 5.25. The molecule has 3 heteroatoms. The number of nitrogens with one attached hydrogen (secondary N) is 1. The molecule has 0 aromatic heterocycles. The van der Waals surface area contributed by atoms with E-state index >= 15 is 0 Å². The zero-order valence-corrected chi connectivity index (χ0v) is 14.2. The molecule has 0 heterocycles. The number of hydrogen-bond donors (Lipinski definition) is 1. The van der Waals surface area contributed by atoms with Crippen molar-refractivity contribution in [3.05, 3.63) is 29.3 Å². The third-order valence-electron chi connectivity index (χ3n) is 3.25. The first kappa shape index (κ1) is 17.4. The summed E-state index contributed by atoms with van der Waals surface area (Å²) in [4.78, 5) is 0. The summed E-state index contributed by atoms with van der Waals surface area (Å²) in [6.45, 7) is 7.69. The lowest BCUT2D eigenvalue weighted by Gasteiger charge is -2.20. The fourth-order valence-electron chi connectivity index (χ4n) is 2.24. The predicted molar refractivity (Wildman–Crippen MR) is 91.1 cm³/mol. The standard InChI is InChI=1S/C17H29NOS/c1-5-9-18-16(13-20-10-6-2)12-15-11-14(3)7-8-17(15)19-4/h7-8,11,16,18H,5-6,9-10,12-13H2,1-4H3. The Bertz CT molecular complexity index is 381. The largest absolute Gasteiger partial charge is 0.496 e. The highest BCUT2D eigenvalue weighted by atomic mass is 32.2. The Hall–Kier alpha value is -0.670. The van der Waals surface area contributed by atoms with Crippen molar-refractivity contribution in [3.8, 4) is 5.75 Å². The Balaban J connectivity index is 2.68. The first-order valence-corrected chi connectivity index (χ1v) is 8.81. The molecule has 1 aromatic rings. The summed E-state index contributed by atoms with van der Waals surface area (Å²) in [5.74, 6) is 3.43. The van der Waals surface area contributed by atoms with Crippen LogP contribution in [0.1, 0.15) is 37.8 Å². The summed E-state index contributed by atoms with van der Waals surface area (Å²) in [6, 6.07) is 6.98. The van der Waals surface area contributed by atoms with Crippen molar-refractivity contribution in [2.24, 2.45) is 0 Å². The van der Waals surface area contributed by atoms with Gasteiger partial charge in [0.05, 0.1) is 7.11 Å². The molecular formula is C17H29NOS. The van der Waals surface area contributed by atoms with Gasteiger partial charge in [-0.3, -0.25) is 0 Å². The maximum atomic E-state index is 5.50. The van der Waals surface area contributed by atoms with Crippen LogP contribution in [0.15, 0.2) is 18.2 Å². The topological polar surface area (TPSA) is 21.3 Å². The van der Waals surface area contributed by atoms with Gasteiger partial charge >= 0.3 is 0 Å². The number of ether oxygens (including phenoxy) is 1. The zero-order chi connectivity index (χ0) is 14.8. The van der Waals surface area contributed by atoms with Gasteiger partial charge in [0.2, 0.25) is 0 Å². The SMILES string of the molecule is CCCNC(CSCCC)Cc1cc(C)ccc1OC. The lowest BCUT2D eigenvalue weighted by molar-refractivity contribution is 0.406. The third kappa shape index (κ3) is 6.19. The van der Waals surface area contributed by atoms with Crippen molar-refractivity contribution in [1.82, 2.24) is 5.32 Å². The number of methoxy groups -OCH3 is 1. The Morgan fingerprint density at radius 2 is 2.05 bits per heavy atom. The average Bonchev–Trinajstić information content (AvgIpc) is 2.45. The normalized spacial score (nSPS) is 12.4. The molecule has 114 valence electrons. The summed E-state index contributed by atoms with van der Waals surface area (Å²) >= 11 is 2.05. The molecule has 0 saturated heterocycles. The summed E-state index contributed by atoms with van der Waals surface area (Å²) in [5, 5.41) is 3.67. The second kappa shape index (κ2) is 10.1. The summed E-state index contributed by atoms with van der Waals surface area (Å²) in [5.41, 5.74) is 2.62. The van der Waals surface area contributed by atoms with Gasteiger partial charge in [0.1, 0.15) is 5.75 Å². The minimum absolute atomic E-state index is 0.530. The Kier molecular flexibility index (Phi) is 8.79. The molecule has 1 N–H and O–H groups in total. The molecule has 0 spiro atoms. The van der Waals surface area contributed by atoms with Gasteiger partial charge in [0.25, 0.3) is 0 Å². The van der Waals surface area contributed by atoms with Gasteiger partial charge in [-0.1, -0.05) is 31.5 Å². The van der Waals surface area contributed by atoms with Crippen LogP contribution in [0.2, 0.25) is 0 Å². The van der Waals surface area contributed by atoms with E-state index in [0.29, 0.717) is 6.04 Å². The quantitative estimate of drug-likeness (QED) is 0.658. The lowest BCUT2D eigenvalue weighted by atomic mass is 10.0. The fourth-order valence-corrected chi connectivity index (χ4v) is 3.22. The molecule has 0 bridgehead atoms. The summed E-state index contributed by atoms with van der Waals surface area (Å²) in [7, 11) is 1.76. The van der Waals surface area contributed by atoms with E-state index in [1.165, 1.54) is 35.5 Å². The van der Waals surface area contributed by atoms with E-state index in [4.69, 9.17) is 4.74 Å². The first-order chi connectivity index (χ1) is 9.71. The van der Waals surface area contributed by atoms with Crippen LogP contribution in [0.4, 0.5) is 0 Å². The number of hydrogen-bond acceptors (Lipinski definition) is 3. The molecular weight excluding hydrogens is 266 g/mol. The monoisotopic (exact) mass is 295 g/mol. The van der Waals surface area contributed by atoms with Crippen LogP contribution in [-0.4, -0.2) is 31.2 Å². The highest BCUT2D eigenvalue weighted by Gasteiger charge is 2.12. The number of rotatable bonds is 10. The summed E-state index contributed by atoms with van der Waals surface area (Å²) < 4.78 is 5.50. The Labute approximate surface area is 128 Å². The van der Waals surface area contributed by atoms with E-state index in [1.54, 1.807) is 7.11 Å². The minimum atomic E-state index is 0.530. The molecule has 0 aliphatic rings. The lowest BCUT2D eigenvalue weighted by Crippen LogP contribution is -2.34. The average molecular weight is 295 g/mol. The molecule has 20 heavy (non-hydrogen) atoms. The molecule has 1 rings (SSSR count). The van der Waals surface area contributed by atoms with Crippen LogP contribution in [0.3, 0.4) is 0 Å².